The number of halogens is 4. The molecule has 0 aliphatic heterocycles. The fourth-order valence-corrected chi connectivity index (χ4v) is 3.17. The molecule has 25 heavy (non-hydrogen) atoms. The molecule has 1 fully saturated rings. The minimum Gasteiger partial charge on any atom is -0.322 e. The molecule has 1 aliphatic carbocycles. The number of benzene rings is 1. The molecule has 9 heteroatoms. The van der Waals surface area contributed by atoms with E-state index in [0.29, 0.717) is 10.7 Å². The molecule has 1 aliphatic rings. The SMILES string of the molecule is O=C(Nc1ccnc(NC(=O)[C@@H]2C[C@@H]2F)c1)c1c(Cl)cc(Cl)cc1Cl. The number of rotatable bonds is 4. The normalized spacial score (nSPS) is 18.6. The average molecular weight is 403 g/mol. The van der Waals surface area contributed by atoms with Crippen LogP contribution in [0.2, 0.25) is 15.1 Å². The van der Waals surface area contributed by atoms with E-state index in [1.807, 2.05) is 0 Å². The van der Waals surface area contributed by atoms with Gasteiger partial charge in [-0.2, -0.15) is 0 Å². The summed E-state index contributed by atoms with van der Waals surface area (Å²) in [6.07, 6.45) is 0.517. The van der Waals surface area contributed by atoms with Crippen LogP contribution in [0, 0.1) is 5.92 Å². The first-order valence-electron chi connectivity index (χ1n) is 7.22. The van der Waals surface area contributed by atoms with Crippen LogP contribution in [0.1, 0.15) is 16.8 Å². The maximum absolute atomic E-state index is 12.9. The van der Waals surface area contributed by atoms with Crippen LogP contribution in [-0.2, 0) is 4.79 Å². The third-order valence-electron chi connectivity index (χ3n) is 3.55. The largest absolute Gasteiger partial charge is 0.322 e. The zero-order chi connectivity index (χ0) is 18.1. The molecule has 0 saturated heterocycles. The van der Waals surface area contributed by atoms with E-state index in [1.165, 1.54) is 30.5 Å². The molecule has 0 bridgehead atoms. The molecule has 0 spiro atoms. The van der Waals surface area contributed by atoms with Crippen molar-refractivity contribution >= 4 is 58.1 Å². The van der Waals surface area contributed by atoms with Crippen molar-refractivity contribution in [3.63, 3.8) is 0 Å². The Balaban J connectivity index is 1.74. The molecule has 1 heterocycles. The van der Waals surface area contributed by atoms with Crippen LogP contribution < -0.4 is 10.6 Å². The predicted molar refractivity (Wildman–Crippen MR) is 95.3 cm³/mol. The summed E-state index contributed by atoms with van der Waals surface area (Å²) in [5.74, 6) is -1.41. The minimum atomic E-state index is -1.10. The van der Waals surface area contributed by atoms with Gasteiger partial charge in [-0.25, -0.2) is 9.37 Å². The average Bonchev–Trinajstić information content (AvgIpc) is 3.23. The number of nitrogens with zero attached hydrogens (tertiary/aromatic N) is 1. The molecule has 0 radical (unpaired) electrons. The highest BCUT2D eigenvalue weighted by Crippen LogP contribution is 2.34. The van der Waals surface area contributed by atoms with Crippen molar-refractivity contribution in [1.29, 1.82) is 0 Å². The second-order valence-corrected chi connectivity index (χ2v) is 6.73. The quantitative estimate of drug-likeness (QED) is 0.786. The van der Waals surface area contributed by atoms with Gasteiger partial charge in [-0.1, -0.05) is 34.8 Å². The molecular weight excluding hydrogens is 392 g/mol. The Morgan fingerprint density at radius 3 is 2.36 bits per heavy atom. The number of hydrogen-bond acceptors (Lipinski definition) is 3. The Bertz CT molecular complexity index is 839. The highest BCUT2D eigenvalue weighted by atomic mass is 35.5. The number of nitrogens with one attached hydrogen (secondary N) is 2. The van der Waals surface area contributed by atoms with Crippen molar-refractivity contribution in [3.8, 4) is 0 Å². The van der Waals surface area contributed by atoms with Gasteiger partial charge in [0.05, 0.1) is 21.5 Å². The number of pyridine rings is 1. The van der Waals surface area contributed by atoms with E-state index in [9.17, 15) is 14.0 Å². The summed E-state index contributed by atoms with van der Waals surface area (Å²) in [6.45, 7) is 0. The van der Waals surface area contributed by atoms with Crippen LogP contribution in [0.4, 0.5) is 15.9 Å². The minimum absolute atomic E-state index is 0.0772. The Kier molecular flexibility index (Phi) is 5.13. The maximum atomic E-state index is 12.9. The summed E-state index contributed by atoms with van der Waals surface area (Å²) in [7, 11) is 0. The lowest BCUT2D eigenvalue weighted by atomic mass is 10.2. The Morgan fingerprint density at radius 2 is 1.76 bits per heavy atom. The van der Waals surface area contributed by atoms with Crippen LogP contribution in [0.25, 0.3) is 0 Å². The summed E-state index contributed by atoms with van der Waals surface area (Å²) < 4.78 is 12.9. The second kappa shape index (κ2) is 7.15. The van der Waals surface area contributed by atoms with Crippen molar-refractivity contribution < 1.29 is 14.0 Å². The maximum Gasteiger partial charge on any atom is 0.258 e. The van der Waals surface area contributed by atoms with Gasteiger partial charge in [0.1, 0.15) is 12.0 Å². The van der Waals surface area contributed by atoms with Gasteiger partial charge in [0, 0.05) is 23.0 Å². The van der Waals surface area contributed by atoms with Gasteiger partial charge in [-0.05, 0) is 24.6 Å². The molecular formula is C16H11Cl3FN3O2. The first kappa shape index (κ1) is 17.9. The lowest BCUT2D eigenvalue weighted by Gasteiger charge is -2.10. The van der Waals surface area contributed by atoms with E-state index in [1.54, 1.807) is 0 Å². The third kappa shape index (κ3) is 4.21. The number of carbonyl (C=O) groups is 2. The number of carbonyl (C=O) groups excluding carboxylic acids is 2. The van der Waals surface area contributed by atoms with Crippen LogP contribution in [-0.4, -0.2) is 23.0 Å². The predicted octanol–water partition coefficient (Wildman–Crippen LogP) is 4.59. The standard InChI is InChI=1S/C16H11Cl3FN3O2/c17-7-3-10(18)14(11(19)4-7)16(25)22-8-1-2-21-13(5-8)23-15(24)9-6-12(9)20/h1-5,9,12H,6H2,(H2,21,22,23,24,25)/t9-,12+/m1/s1. The van der Waals surface area contributed by atoms with Crippen LogP contribution in [0.5, 0.6) is 0 Å². The van der Waals surface area contributed by atoms with E-state index < -0.39 is 23.9 Å². The topological polar surface area (TPSA) is 71.1 Å². The van der Waals surface area contributed by atoms with Gasteiger partial charge in [-0.3, -0.25) is 9.59 Å². The Hall–Kier alpha value is -1.89. The fraction of sp³-hybridized carbons (Fsp3) is 0.188. The first-order valence-corrected chi connectivity index (χ1v) is 8.35. The molecule has 1 aromatic heterocycles. The second-order valence-electron chi connectivity index (χ2n) is 5.48. The summed E-state index contributed by atoms with van der Waals surface area (Å²) in [5, 5.41) is 5.65. The lowest BCUT2D eigenvalue weighted by Crippen LogP contribution is -2.17. The molecule has 2 amide bonds. The van der Waals surface area contributed by atoms with Crippen molar-refractivity contribution in [2.24, 2.45) is 5.92 Å². The number of aromatic nitrogens is 1. The van der Waals surface area contributed by atoms with E-state index in [-0.39, 0.29) is 27.8 Å². The molecule has 2 aromatic rings. The molecule has 130 valence electrons. The monoisotopic (exact) mass is 401 g/mol. The van der Waals surface area contributed by atoms with Crippen LogP contribution in [0.3, 0.4) is 0 Å². The zero-order valence-corrected chi connectivity index (χ0v) is 14.8. The summed E-state index contributed by atoms with van der Waals surface area (Å²) in [4.78, 5) is 28.1. The van der Waals surface area contributed by atoms with Gasteiger partial charge in [-0.15, -0.1) is 0 Å². The Morgan fingerprint density at radius 1 is 1.12 bits per heavy atom. The molecule has 0 unspecified atom stereocenters. The Labute approximate surface area is 157 Å². The van der Waals surface area contributed by atoms with Crippen LogP contribution in [0.15, 0.2) is 30.5 Å². The third-order valence-corrected chi connectivity index (χ3v) is 4.37. The van der Waals surface area contributed by atoms with Crippen LogP contribution >= 0.6 is 34.8 Å². The summed E-state index contributed by atoms with van der Waals surface area (Å²) >= 11 is 17.9. The smallest absolute Gasteiger partial charge is 0.258 e. The van der Waals surface area contributed by atoms with Gasteiger partial charge >= 0.3 is 0 Å². The first-order chi connectivity index (χ1) is 11.8. The molecule has 1 saturated carbocycles. The van der Waals surface area contributed by atoms with Crippen molar-refractivity contribution in [2.45, 2.75) is 12.6 Å². The molecule has 5 nitrogen and oxygen atoms in total. The van der Waals surface area contributed by atoms with Crippen molar-refractivity contribution in [2.75, 3.05) is 10.6 Å². The van der Waals surface area contributed by atoms with E-state index in [4.69, 9.17) is 34.8 Å². The highest BCUT2D eigenvalue weighted by molar-refractivity contribution is 6.42. The van der Waals surface area contributed by atoms with Gasteiger partial charge in [0.25, 0.3) is 5.91 Å². The highest BCUT2D eigenvalue weighted by Gasteiger charge is 2.43. The number of anilines is 2. The van der Waals surface area contributed by atoms with Crippen molar-refractivity contribution in [1.82, 2.24) is 4.98 Å². The zero-order valence-electron chi connectivity index (χ0n) is 12.5. The van der Waals surface area contributed by atoms with E-state index >= 15 is 0 Å². The molecule has 2 atom stereocenters. The van der Waals surface area contributed by atoms with Gasteiger partial charge < -0.3 is 10.6 Å². The molecule has 3 rings (SSSR count). The number of hydrogen-bond donors (Lipinski definition) is 2. The van der Waals surface area contributed by atoms with Crippen molar-refractivity contribution in [3.05, 3.63) is 51.1 Å². The summed E-state index contributed by atoms with van der Waals surface area (Å²) in [6, 6.07) is 5.79. The van der Waals surface area contributed by atoms with E-state index in [2.05, 4.69) is 15.6 Å². The molecule has 1 aromatic carbocycles. The molecule has 2 N–H and O–H groups in total. The van der Waals surface area contributed by atoms with E-state index in [0.717, 1.165) is 0 Å². The number of amides is 2. The van der Waals surface area contributed by atoms with Gasteiger partial charge in [0.15, 0.2) is 0 Å². The fourth-order valence-electron chi connectivity index (χ4n) is 2.18. The lowest BCUT2D eigenvalue weighted by molar-refractivity contribution is -0.117. The summed E-state index contributed by atoms with van der Waals surface area (Å²) in [5.41, 5.74) is 0.443. The number of alkyl halides is 1. The van der Waals surface area contributed by atoms with Gasteiger partial charge in [0.2, 0.25) is 5.91 Å².